The van der Waals surface area contributed by atoms with E-state index < -0.39 is 0 Å². The molecule has 4 nitrogen and oxygen atoms in total. The summed E-state index contributed by atoms with van der Waals surface area (Å²) in [6.07, 6.45) is 3.02. The number of carbonyl (C=O) groups is 1. The van der Waals surface area contributed by atoms with E-state index in [0.717, 1.165) is 21.1 Å². The van der Waals surface area contributed by atoms with Crippen LogP contribution in [0.15, 0.2) is 42.7 Å². The van der Waals surface area contributed by atoms with Crippen molar-refractivity contribution >= 4 is 28.8 Å². The second kappa shape index (κ2) is 7.33. The summed E-state index contributed by atoms with van der Waals surface area (Å²) in [5.41, 5.74) is 3.64. The average molecular weight is 372 g/mol. The maximum absolute atomic E-state index is 12.4. The monoisotopic (exact) mass is 371 g/mol. The van der Waals surface area contributed by atoms with Crippen LogP contribution in [0.5, 0.6) is 0 Å². The molecule has 0 bridgehead atoms. The molecule has 1 unspecified atom stereocenters. The predicted molar refractivity (Wildman–Crippen MR) is 102 cm³/mol. The smallest absolute Gasteiger partial charge is 0.253 e. The Morgan fingerprint density at radius 1 is 1.20 bits per heavy atom. The number of amides is 1. The Morgan fingerprint density at radius 2 is 1.92 bits per heavy atom. The van der Waals surface area contributed by atoms with Gasteiger partial charge in [-0.25, -0.2) is 4.98 Å². The Balaban J connectivity index is 1.81. The van der Waals surface area contributed by atoms with Gasteiger partial charge in [-0.05, 0) is 26.8 Å². The highest BCUT2D eigenvalue weighted by molar-refractivity contribution is 7.15. The van der Waals surface area contributed by atoms with Gasteiger partial charge in [0.15, 0.2) is 0 Å². The van der Waals surface area contributed by atoms with Crippen molar-refractivity contribution in [3.63, 3.8) is 0 Å². The molecule has 0 saturated carbocycles. The van der Waals surface area contributed by atoms with Crippen LogP contribution in [0.3, 0.4) is 0 Å². The quantitative estimate of drug-likeness (QED) is 0.704. The Bertz CT molecular complexity index is 905. The molecule has 1 atom stereocenters. The van der Waals surface area contributed by atoms with Crippen LogP contribution < -0.4 is 5.32 Å². The van der Waals surface area contributed by atoms with Crippen molar-refractivity contribution in [2.75, 3.05) is 0 Å². The molecule has 1 aromatic carbocycles. The van der Waals surface area contributed by atoms with E-state index in [2.05, 4.69) is 46.5 Å². The number of nitrogens with one attached hydrogen (secondary N) is 1. The molecule has 1 N–H and O–H groups in total. The van der Waals surface area contributed by atoms with Gasteiger partial charge in [0.25, 0.3) is 5.91 Å². The molecular weight excluding hydrogens is 354 g/mol. The first kappa shape index (κ1) is 17.6. The van der Waals surface area contributed by atoms with E-state index in [-0.39, 0.29) is 11.9 Å². The lowest BCUT2D eigenvalue weighted by molar-refractivity contribution is 0.0940. The minimum Gasteiger partial charge on any atom is -0.345 e. The first-order valence-electron chi connectivity index (χ1n) is 7.90. The first-order valence-corrected chi connectivity index (χ1v) is 9.10. The zero-order valence-corrected chi connectivity index (χ0v) is 15.8. The van der Waals surface area contributed by atoms with Gasteiger partial charge in [0.1, 0.15) is 5.01 Å². The number of nitrogens with zero attached hydrogens (tertiary/aromatic N) is 2. The molecule has 0 aliphatic heterocycles. The van der Waals surface area contributed by atoms with Gasteiger partial charge in [0.2, 0.25) is 0 Å². The molecule has 2 aromatic heterocycles. The number of aryl methyl sites for hydroxylation is 2. The molecular formula is C19H18ClN3OS. The van der Waals surface area contributed by atoms with Crippen molar-refractivity contribution in [1.29, 1.82) is 0 Å². The van der Waals surface area contributed by atoms with Crippen molar-refractivity contribution < 1.29 is 4.79 Å². The van der Waals surface area contributed by atoms with Gasteiger partial charge in [0.05, 0.1) is 27.2 Å². The second-order valence-electron chi connectivity index (χ2n) is 5.89. The van der Waals surface area contributed by atoms with Crippen molar-refractivity contribution in [3.05, 3.63) is 69.4 Å². The first-order chi connectivity index (χ1) is 12.0. The number of pyridine rings is 1. The molecule has 0 aliphatic carbocycles. The van der Waals surface area contributed by atoms with E-state index >= 15 is 0 Å². The predicted octanol–water partition coefficient (Wildman–Crippen LogP) is 4.97. The lowest BCUT2D eigenvalue weighted by Crippen LogP contribution is -2.26. The van der Waals surface area contributed by atoms with Gasteiger partial charge >= 0.3 is 0 Å². The third-order valence-corrected chi connectivity index (χ3v) is 5.58. The fourth-order valence-electron chi connectivity index (χ4n) is 2.53. The summed E-state index contributed by atoms with van der Waals surface area (Å²) in [5.74, 6) is -0.218. The Hall–Kier alpha value is -2.24. The highest BCUT2D eigenvalue weighted by Gasteiger charge is 2.19. The minimum absolute atomic E-state index is 0.159. The summed E-state index contributed by atoms with van der Waals surface area (Å²) in [4.78, 5) is 22.0. The van der Waals surface area contributed by atoms with Crippen LogP contribution in [0.25, 0.3) is 10.6 Å². The summed E-state index contributed by atoms with van der Waals surface area (Å²) < 4.78 is 0. The van der Waals surface area contributed by atoms with Crippen LogP contribution in [0.2, 0.25) is 5.02 Å². The largest absolute Gasteiger partial charge is 0.345 e. The van der Waals surface area contributed by atoms with Crippen LogP contribution in [-0.2, 0) is 0 Å². The molecule has 0 aliphatic rings. The lowest BCUT2D eigenvalue weighted by Gasteiger charge is -2.13. The lowest BCUT2D eigenvalue weighted by atomic mass is 10.1. The summed E-state index contributed by atoms with van der Waals surface area (Å²) >= 11 is 7.64. The number of aromatic nitrogens is 2. The van der Waals surface area contributed by atoms with E-state index in [1.165, 1.54) is 11.8 Å². The van der Waals surface area contributed by atoms with Gasteiger partial charge in [-0.3, -0.25) is 9.78 Å². The standard InChI is InChI=1S/C19H18ClN3OS/c1-11-4-6-14(7-5-11)19-23-13(3)17(25-19)12(2)22-18(24)15-8-9-21-10-16(15)20/h4-10,12H,1-3H3,(H,22,24). The Labute approximate surface area is 155 Å². The van der Waals surface area contributed by atoms with E-state index in [4.69, 9.17) is 11.6 Å². The van der Waals surface area contributed by atoms with Crippen molar-refractivity contribution in [2.45, 2.75) is 26.8 Å². The molecule has 0 fully saturated rings. The summed E-state index contributed by atoms with van der Waals surface area (Å²) in [5, 5.41) is 4.28. The molecule has 1 amide bonds. The van der Waals surface area contributed by atoms with E-state index in [0.29, 0.717) is 10.6 Å². The van der Waals surface area contributed by atoms with Gasteiger partial charge < -0.3 is 5.32 Å². The second-order valence-corrected chi connectivity index (χ2v) is 7.32. The SMILES string of the molecule is Cc1ccc(-c2nc(C)c(C(C)NC(=O)c3ccncc3Cl)s2)cc1. The van der Waals surface area contributed by atoms with E-state index in [1.54, 1.807) is 23.6 Å². The zero-order valence-electron chi connectivity index (χ0n) is 14.2. The fourth-order valence-corrected chi connectivity index (χ4v) is 3.81. The van der Waals surface area contributed by atoms with Crippen molar-refractivity contribution in [3.8, 4) is 10.6 Å². The number of halogens is 1. The number of thiazole rings is 1. The van der Waals surface area contributed by atoms with Crippen LogP contribution >= 0.6 is 22.9 Å². The normalized spacial score (nSPS) is 12.0. The van der Waals surface area contributed by atoms with Crippen LogP contribution in [0, 0.1) is 13.8 Å². The zero-order chi connectivity index (χ0) is 18.0. The Morgan fingerprint density at radius 3 is 2.60 bits per heavy atom. The number of carbonyl (C=O) groups excluding carboxylic acids is 1. The van der Waals surface area contributed by atoms with Gasteiger partial charge in [-0.15, -0.1) is 11.3 Å². The Kier molecular flexibility index (Phi) is 5.16. The molecule has 2 heterocycles. The third kappa shape index (κ3) is 3.89. The highest BCUT2D eigenvalue weighted by Crippen LogP contribution is 2.32. The molecule has 25 heavy (non-hydrogen) atoms. The molecule has 6 heteroatoms. The van der Waals surface area contributed by atoms with Crippen molar-refractivity contribution in [2.24, 2.45) is 0 Å². The highest BCUT2D eigenvalue weighted by atomic mass is 35.5. The van der Waals surface area contributed by atoms with Crippen molar-refractivity contribution in [1.82, 2.24) is 15.3 Å². The minimum atomic E-state index is -0.218. The average Bonchev–Trinajstić information content (AvgIpc) is 2.97. The molecule has 128 valence electrons. The summed E-state index contributed by atoms with van der Waals surface area (Å²) in [6.45, 7) is 5.97. The summed E-state index contributed by atoms with van der Waals surface area (Å²) in [7, 11) is 0. The van der Waals surface area contributed by atoms with E-state index in [1.807, 2.05) is 13.8 Å². The van der Waals surface area contributed by atoms with Crippen LogP contribution in [-0.4, -0.2) is 15.9 Å². The van der Waals surface area contributed by atoms with Crippen LogP contribution in [0.1, 0.15) is 39.5 Å². The topological polar surface area (TPSA) is 54.9 Å². The number of rotatable bonds is 4. The van der Waals surface area contributed by atoms with Crippen LogP contribution in [0.4, 0.5) is 0 Å². The number of benzene rings is 1. The number of hydrogen-bond acceptors (Lipinski definition) is 4. The van der Waals surface area contributed by atoms with E-state index in [9.17, 15) is 4.79 Å². The maximum atomic E-state index is 12.4. The third-order valence-electron chi connectivity index (χ3n) is 3.89. The molecule has 3 rings (SSSR count). The molecule has 0 spiro atoms. The molecule has 3 aromatic rings. The van der Waals surface area contributed by atoms with Gasteiger partial charge in [0, 0.05) is 18.0 Å². The number of hydrogen-bond donors (Lipinski definition) is 1. The molecule has 0 radical (unpaired) electrons. The summed E-state index contributed by atoms with van der Waals surface area (Å²) in [6, 6.07) is 9.73. The van der Waals surface area contributed by atoms with Gasteiger partial charge in [-0.2, -0.15) is 0 Å². The van der Waals surface area contributed by atoms with Gasteiger partial charge in [-0.1, -0.05) is 41.4 Å². The maximum Gasteiger partial charge on any atom is 0.253 e. The molecule has 0 saturated heterocycles. The fraction of sp³-hybridized carbons (Fsp3) is 0.211.